The van der Waals surface area contributed by atoms with E-state index in [1.165, 1.54) is 0 Å². The highest BCUT2D eigenvalue weighted by Gasteiger charge is 2.36. The molecule has 0 bridgehead atoms. The Kier molecular flexibility index (Phi) is 3.53. The van der Waals surface area contributed by atoms with Gasteiger partial charge in [0.05, 0.1) is 5.60 Å². The Hall–Kier alpha value is -0.0800. The summed E-state index contributed by atoms with van der Waals surface area (Å²) >= 11 is 0. The average Bonchev–Trinajstić information content (AvgIpc) is 2.05. The van der Waals surface area contributed by atoms with Crippen molar-refractivity contribution >= 4 is 0 Å². The minimum Gasteiger partial charge on any atom is -0.390 e. The molecule has 0 aromatic heterocycles. The average molecular weight is 171 g/mol. The fraction of sp³-hybridized carbons (Fsp3) is 1.00. The summed E-state index contributed by atoms with van der Waals surface area (Å²) in [6.07, 6.45) is 4.07. The van der Waals surface area contributed by atoms with Gasteiger partial charge in [-0.05, 0) is 31.7 Å². The number of nitrogens with one attached hydrogen (secondary N) is 1. The highest BCUT2D eigenvalue weighted by molar-refractivity contribution is 4.90. The molecular weight excluding hydrogens is 150 g/mol. The maximum atomic E-state index is 10.3. The summed E-state index contributed by atoms with van der Waals surface area (Å²) in [7, 11) is 0. The Morgan fingerprint density at radius 3 is 2.83 bits per heavy atom. The van der Waals surface area contributed by atoms with Gasteiger partial charge in [-0.3, -0.25) is 0 Å². The van der Waals surface area contributed by atoms with E-state index in [9.17, 15) is 5.11 Å². The van der Waals surface area contributed by atoms with Crippen molar-refractivity contribution in [1.29, 1.82) is 0 Å². The molecule has 0 saturated carbocycles. The molecule has 0 radical (unpaired) electrons. The first kappa shape index (κ1) is 10.0. The lowest BCUT2D eigenvalue weighted by atomic mass is 9.77. The molecule has 72 valence electrons. The summed E-state index contributed by atoms with van der Waals surface area (Å²) in [5.41, 5.74) is -0.366. The van der Waals surface area contributed by atoms with Gasteiger partial charge >= 0.3 is 0 Å². The van der Waals surface area contributed by atoms with Crippen LogP contribution in [0.25, 0.3) is 0 Å². The van der Waals surface area contributed by atoms with Crippen LogP contribution in [0.3, 0.4) is 0 Å². The molecule has 0 spiro atoms. The van der Waals surface area contributed by atoms with Gasteiger partial charge in [0.2, 0.25) is 0 Å². The van der Waals surface area contributed by atoms with Crippen LogP contribution in [0.5, 0.6) is 0 Å². The molecule has 0 aliphatic carbocycles. The molecule has 1 aliphatic heterocycles. The molecule has 2 unspecified atom stereocenters. The molecule has 2 heteroatoms. The maximum absolute atomic E-state index is 10.3. The molecule has 0 amide bonds. The Labute approximate surface area is 75.4 Å². The second kappa shape index (κ2) is 4.24. The van der Waals surface area contributed by atoms with Gasteiger partial charge in [-0.15, -0.1) is 0 Å². The first-order valence-electron chi connectivity index (χ1n) is 5.16. The van der Waals surface area contributed by atoms with E-state index in [0.717, 1.165) is 38.8 Å². The lowest BCUT2D eigenvalue weighted by Gasteiger charge is -2.40. The normalized spacial score (nSPS) is 36.8. The van der Waals surface area contributed by atoms with Gasteiger partial charge in [0.15, 0.2) is 0 Å². The molecule has 2 N–H and O–H groups in total. The van der Waals surface area contributed by atoms with Crippen molar-refractivity contribution in [2.75, 3.05) is 13.1 Å². The van der Waals surface area contributed by atoms with E-state index in [0.29, 0.717) is 5.92 Å². The number of piperidine rings is 1. The van der Waals surface area contributed by atoms with Gasteiger partial charge in [-0.1, -0.05) is 20.3 Å². The number of rotatable bonds is 3. The van der Waals surface area contributed by atoms with Crippen molar-refractivity contribution < 1.29 is 5.11 Å². The molecule has 0 aromatic carbocycles. The molecule has 1 rings (SSSR count). The second-order valence-electron chi connectivity index (χ2n) is 3.91. The summed E-state index contributed by atoms with van der Waals surface area (Å²) < 4.78 is 0. The molecule has 1 fully saturated rings. The van der Waals surface area contributed by atoms with E-state index in [1.807, 2.05) is 0 Å². The molecular formula is C10H21NO. The lowest BCUT2D eigenvalue weighted by molar-refractivity contribution is -0.0491. The fourth-order valence-corrected chi connectivity index (χ4v) is 2.26. The molecule has 0 aromatic rings. The van der Waals surface area contributed by atoms with Crippen LogP contribution >= 0.6 is 0 Å². The molecule has 2 atom stereocenters. The number of hydrogen-bond donors (Lipinski definition) is 2. The van der Waals surface area contributed by atoms with Crippen LogP contribution < -0.4 is 5.32 Å². The van der Waals surface area contributed by atoms with Crippen LogP contribution in [0, 0.1) is 5.92 Å². The Morgan fingerprint density at radius 2 is 2.25 bits per heavy atom. The standard InChI is InChI=1S/C10H21NO/c1-3-5-10(12)6-7-11-8-9(10)4-2/h9,11-12H,3-8H2,1-2H3. The topological polar surface area (TPSA) is 32.3 Å². The van der Waals surface area contributed by atoms with Crippen molar-refractivity contribution in [2.45, 2.75) is 45.1 Å². The number of hydrogen-bond acceptors (Lipinski definition) is 2. The van der Waals surface area contributed by atoms with Gasteiger partial charge < -0.3 is 10.4 Å². The SMILES string of the molecule is CCCC1(O)CCNCC1CC. The van der Waals surface area contributed by atoms with Gasteiger partial charge in [0.25, 0.3) is 0 Å². The van der Waals surface area contributed by atoms with Gasteiger partial charge in [-0.25, -0.2) is 0 Å². The zero-order chi connectivity index (χ0) is 9.03. The highest BCUT2D eigenvalue weighted by atomic mass is 16.3. The van der Waals surface area contributed by atoms with E-state index in [2.05, 4.69) is 19.2 Å². The first-order chi connectivity index (χ1) is 5.73. The van der Waals surface area contributed by atoms with Gasteiger partial charge in [0, 0.05) is 6.54 Å². The highest BCUT2D eigenvalue weighted by Crippen LogP contribution is 2.30. The summed E-state index contributed by atoms with van der Waals surface area (Å²) in [4.78, 5) is 0. The summed E-state index contributed by atoms with van der Waals surface area (Å²) in [5.74, 6) is 0.464. The third kappa shape index (κ3) is 1.99. The largest absolute Gasteiger partial charge is 0.390 e. The van der Waals surface area contributed by atoms with Crippen LogP contribution in [0.4, 0.5) is 0 Å². The molecule has 1 aliphatic rings. The minimum absolute atomic E-state index is 0.366. The predicted molar refractivity (Wildman–Crippen MR) is 51.1 cm³/mol. The molecule has 1 saturated heterocycles. The molecule has 12 heavy (non-hydrogen) atoms. The molecule has 1 heterocycles. The summed E-state index contributed by atoms with van der Waals surface area (Å²) in [6, 6.07) is 0. The zero-order valence-electron chi connectivity index (χ0n) is 8.27. The zero-order valence-corrected chi connectivity index (χ0v) is 8.27. The minimum atomic E-state index is -0.366. The van der Waals surface area contributed by atoms with E-state index in [-0.39, 0.29) is 5.60 Å². The van der Waals surface area contributed by atoms with Crippen molar-refractivity contribution in [3.05, 3.63) is 0 Å². The van der Waals surface area contributed by atoms with Gasteiger partial charge in [-0.2, -0.15) is 0 Å². The van der Waals surface area contributed by atoms with E-state index in [1.54, 1.807) is 0 Å². The van der Waals surface area contributed by atoms with Crippen molar-refractivity contribution in [1.82, 2.24) is 5.32 Å². The van der Waals surface area contributed by atoms with E-state index in [4.69, 9.17) is 0 Å². The Morgan fingerprint density at radius 1 is 1.50 bits per heavy atom. The summed E-state index contributed by atoms with van der Waals surface area (Å²) in [5, 5.41) is 13.6. The van der Waals surface area contributed by atoms with Crippen LogP contribution in [0.2, 0.25) is 0 Å². The molecule has 2 nitrogen and oxygen atoms in total. The first-order valence-corrected chi connectivity index (χ1v) is 5.16. The van der Waals surface area contributed by atoms with E-state index >= 15 is 0 Å². The van der Waals surface area contributed by atoms with Gasteiger partial charge in [0.1, 0.15) is 0 Å². The lowest BCUT2D eigenvalue weighted by Crippen LogP contribution is -2.49. The Balaban J connectivity index is 2.55. The van der Waals surface area contributed by atoms with Crippen LogP contribution in [0.15, 0.2) is 0 Å². The van der Waals surface area contributed by atoms with Crippen LogP contribution in [-0.2, 0) is 0 Å². The monoisotopic (exact) mass is 171 g/mol. The van der Waals surface area contributed by atoms with Crippen molar-refractivity contribution in [2.24, 2.45) is 5.92 Å². The second-order valence-corrected chi connectivity index (χ2v) is 3.91. The summed E-state index contributed by atoms with van der Waals surface area (Å²) in [6.45, 7) is 6.28. The van der Waals surface area contributed by atoms with Crippen LogP contribution in [0.1, 0.15) is 39.5 Å². The quantitative estimate of drug-likeness (QED) is 0.675. The fourth-order valence-electron chi connectivity index (χ4n) is 2.26. The van der Waals surface area contributed by atoms with Crippen molar-refractivity contribution in [3.8, 4) is 0 Å². The smallest absolute Gasteiger partial charge is 0.0699 e. The van der Waals surface area contributed by atoms with Crippen LogP contribution in [-0.4, -0.2) is 23.8 Å². The maximum Gasteiger partial charge on any atom is 0.0699 e. The van der Waals surface area contributed by atoms with E-state index < -0.39 is 0 Å². The third-order valence-corrected chi connectivity index (χ3v) is 3.06. The van der Waals surface area contributed by atoms with Crippen molar-refractivity contribution in [3.63, 3.8) is 0 Å². The Bertz CT molecular complexity index is 134. The predicted octanol–water partition coefficient (Wildman–Crippen LogP) is 1.54. The third-order valence-electron chi connectivity index (χ3n) is 3.06. The number of aliphatic hydroxyl groups is 1.